The zero-order valence-electron chi connectivity index (χ0n) is 29.4. The molecule has 52 heavy (non-hydrogen) atoms. The third-order valence-corrected chi connectivity index (χ3v) is 7.87. The lowest BCUT2D eigenvalue weighted by Crippen LogP contribution is -2.47. The van der Waals surface area contributed by atoms with E-state index in [1.54, 1.807) is 62.4 Å². The predicted molar refractivity (Wildman–Crippen MR) is 182 cm³/mol. The van der Waals surface area contributed by atoms with Gasteiger partial charge in [-0.05, 0) is 31.4 Å². The molecule has 0 saturated carbocycles. The monoisotopic (exact) mass is 719 g/mol. The summed E-state index contributed by atoms with van der Waals surface area (Å²) in [5.41, 5.74) is 1.01. The molecule has 0 aliphatic carbocycles. The zero-order chi connectivity index (χ0) is 37.8. The Labute approximate surface area is 300 Å². The molecule has 2 N–H and O–H groups in total. The van der Waals surface area contributed by atoms with E-state index in [-0.39, 0.29) is 18.8 Å². The second-order valence-electron chi connectivity index (χ2n) is 12.2. The predicted octanol–water partition coefficient (Wildman–Crippen LogP) is 3.32. The number of benzene rings is 2. The normalized spacial score (nSPS) is 19.3. The van der Waals surface area contributed by atoms with Gasteiger partial charge in [0.1, 0.15) is 31.3 Å². The van der Waals surface area contributed by atoms with Gasteiger partial charge < -0.3 is 39.1 Å². The maximum absolute atomic E-state index is 13.6. The first-order valence-corrected chi connectivity index (χ1v) is 16.5. The van der Waals surface area contributed by atoms with Gasteiger partial charge in [0.25, 0.3) is 5.91 Å². The van der Waals surface area contributed by atoms with Gasteiger partial charge in [-0.15, -0.1) is 0 Å². The average Bonchev–Trinajstić information content (AvgIpc) is 3.17. The molecule has 1 unspecified atom stereocenters. The molecule has 276 valence electrons. The fraction of sp³-hybridized carbons (Fsp3) is 0.378. The van der Waals surface area contributed by atoms with Gasteiger partial charge in [0.05, 0.1) is 13.0 Å². The number of amides is 2. The highest BCUT2D eigenvalue weighted by Crippen LogP contribution is 2.30. The van der Waals surface area contributed by atoms with Crippen LogP contribution in [0.15, 0.2) is 72.9 Å². The molecule has 4 rings (SSSR count). The third kappa shape index (κ3) is 10.5. The lowest BCUT2D eigenvalue weighted by Gasteiger charge is -2.29. The molecule has 1 aliphatic heterocycles. The van der Waals surface area contributed by atoms with Crippen LogP contribution < -0.4 is 20.1 Å². The Bertz CT molecular complexity index is 1730. The Morgan fingerprint density at radius 1 is 0.904 bits per heavy atom. The summed E-state index contributed by atoms with van der Waals surface area (Å²) in [6.07, 6.45) is -1.92. The first-order valence-electron chi connectivity index (χ1n) is 16.5. The number of hydrogen-bond donors (Lipinski definition) is 2. The van der Waals surface area contributed by atoms with E-state index in [0.717, 1.165) is 11.1 Å². The van der Waals surface area contributed by atoms with Crippen molar-refractivity contribution in [2.75, 3.05) is 13.7 Å². The molecule has 0 bridgehead atoms. The van der Waals surface area contributed by atoms with Crippen molar-refractivity contribution < 1.29 is 57.2 Å². The van der Waals surface area contributed by atoms with Gasteiger partial charge in [0, 0.05) is 12.3 Å². The number of methoxy groups -OCH3 is 1. The highest BCUT2D eigenvalue weighted by atomic mass is 16.6. The molecule has 15 heteroatoms. The van der Waals surface area contributed by atoms with Crippen LogP contribution in [0, 0.1) is 11.8 Å². The second-order valence-corrected chi connectivity index (χ2v) is 12.2. The Morgan fingerprint density at radius 3 is 2.19 bits per heavy atom. The number of esters is 4. The van der Waals surface area contributed by atoms with Crippen molar-refractivity contribution in [3.05, 3.63) is 89.7 Å². The number of hydrogen-bond acceptors (Lipinski definition) is 13. The van der Waals surface area contributed by atoms with Crippen molar-refractivity contribution in [3.63, 3.8) is 0 Å². The minimum Gasteiger partial charge on any atom is -0.493 e. The Kier molecular flexibility index (Phi) is 13.7. The number of carbonyl (C=O) groups excluding carboxylic acids is 6. The molecule has 1 saturated heterocycles. The van der Waals surface area contributed by atoms with Crippen LogP contribution in [0.4, 0.5) is 4.79 Å². The van der Waals surface area contributed by atoms with Gasteiger partial charge in [-0.25, -0.2) is 19.4 Å². The maximum Gasteiger partial charge on any atom is 0.408 e. The van der Waals surface area contributed by atoms with Crippen LogP contribution in [-0.4, -0.2) is 78.9 Å². The van der Waals surface area contributed by atoms with Crippen LogP contribution in [0.2, 0.25) is 0 Å². The molecule has 1 aliphatic rings. The molecule has 1 fully saturated rings. The quantitative estimate of drug-likeness (QED) is 0.205. The molecule has 2 heterocycles. The van der Waals surface area contributed by atoms with E-state index in [2.05, 4.69) is 15.6 Å². The molecule has 1 aromatic heterocycles. The number of aromatic nitrogens is 1. The van der Waals surface area contributed by atoms with Gasteiger partial charge >= 0.3 is 30.0 Å². The topological polar surface area (TPSA) is 195 Å². The van der Waals surface area contributed by atoms with Crippen molar-refractivity contribution in [2.24, 2.45) is 11.8 Å². The molecule has 2 amide bonds. The van der Waals surface area contributed by atoms with Crippen molar-refractivity contribution >= 4 is 35.9 Å². The third-order valence-electron chi connectivity index (χ3n) is 7.87. The van der Waals surface area contributed by atoms with E-state index in [0.29, 0.717) is 0 Å². The van der Waals surface area contributed by atoms with Crippen LogP contribution in [0.1, 0.15) is 49.3 Å². The summed E-state index contributed by atoms with van der Waals surface area (Å²) in [6.45, 7) is 5.39. The van der Waals surface area contributed by atoms with Gasteiger partial charge in [0.15, 0.2) is 23.6 Å². The minimum atomic E-state index is -1.55. The molecule has 3 aromatic rings. The van der Waals surface area contributed by atoms with Gasteiger partial charge in [-0.1, -0.05) is 74.5 Å². The number of pyridine rings is 1. The number of carbonyl (C=O) groups is 6. The van der Waals surface area contributed by atoms with Crippen molar-refractivity contribution in [3.8, 4) is 11.5 Å². The van der Waals surface area contributed by atoms with Crippen molar-refractivity contribution in [1.82, 2.24) is 15.6 Å². The summed E-state index contributed by atoms with van der Waals surface area (Å²) < 4.78 is 32.7. The average molecular weight is 720 g/mol. The summed E-state index contributed by atoms with van der Waals surface area (Å²) in [5.74, 6) is -6.47. The van der Waals surface area contributed by atoms with Gasteiger partial charge in [-0.2, -0.15) is 0 Å². The molecule has 0 spiro atoms. The maximum atomic E-state index is 13.6. The summed E-state index contributed by atoms with van der Waals surface area (Å²) in [4.78, 5) is 82.6. The smallest absolute Gasteiger partial charge is 0.408 e. The van der Waals surface area contributed by atoms with Crippen LogP contribution in [0.3, 0.4) is 0 Å². The standard InChI is InChI=1S/C37H41N3O12/c1-21(2)33(42)51-30-23(4)50-36(45)27(20-48-35(44)26(30)18-24-12-8-6-9-13-24)40-32(41)29-31(28(47-5)16-17-38-29)52-34(43)22(3)39-37(46)49-19-25-14-10-7-11-15-25/h6-17,21-23,26-27,30H,18-20H2,1-5H3,(H,39,46)(H,40,41)/t22?,23-,26+,27-,30-/m0/s1. The van der Waals surface area contributed by atoms with Crippen LogP contribution in [0.5, 0.6) is 11.5 Å². The lowest BCUT2D eigenvalue weighted by atomic mass is 9.91. The summed E-state index contributed by atoms with van der Waals surface area (Å²) in [7, 11) is 1.27. The van der Waals surface area contributed by atoms with E-state index in [1.165, 1.54) is 33.2 Å². The highest BCUT2D eigenvalue weighted by Gasteiger charge is 2.42. The van der Waals surface area contributed by atoms with E-state index >= 15 is 0 Å². The van der Waals surface area contributed by atoms with E-state index in [9.17, 15) is 28.8 Å². The highest BCUT2D eigenvalue weighted by molar-refractivity contribution is 5.99. The fourth-order valence-electron chi connectivity index (χ4n) is 5.02. The van der Waals surface area contributed by atoms with Crippen LogP contribution in [0.25, 0.3) is 0 Å². The Morgan fingerprint density at radius 2 is 1.56 bits per heavy atom. The summed E-state index contributed by atoms with van der Waals surface area (Å²) in [5, 5.41) is 4.78. The summed E-state index contributed by atoms with van der Waals surface area (Å²) >= 11 is 0. The molecule has 2 aromatic carbocycles. The number of cyclic esters (lactones) is 2. The van der Waals surface area contributed by atoms with Crippen molar-refractivity contribution in [1.29, 1.82) is 0 Å². The van der Waals surface area contributed by atoms with E-state index < -0.39 is 90.1 Å². The number of rotatable bonds is 12. The Balaban J connectivity index is 1.50. The van der Waals surface area contributed by atoms with Crippen LogP contribution in [-0.2, 0) is 51.2 Å². The molecule has 0 radical (unpaired) electrons. The van der Waals surface area contributed by atoms with E-state index in [1.807, 2.05) is 12.1 Å². The number of alkyl carbamates (subject to hydrolysis) is 1. The van der Waals surface area contributed by atoms with Gasteiger partial charge in [-0.3, -0.25) is 14.4 Å². The molecule has 5 atom stereocenters. The fourth-order valence-corrected chi connectivity index (χ4v) is 5.02. The molecule has 15 nitrogen and oxygen atoms in total. The number of nitrogens with one attached hydrogen (secondary N) is 2. The van der Waals surface area contributed by atoms with Crippen LogP contribution >= 0.6 is 0 Å². The Hall–Kier alpha value is -5.99. The largest absolute Gasteiger partial charge is 0.493 e. The number of ether oxygens (including phenoxy) is 6. The number of nitrogens with zero attached hydrogens (tertiary/aromatic N) is 1. The first kappa shape index (κ1) is 38.8. The molecular weight excluding hydrogens is 678 g/mol. The lowest BCUT2D eigenvalue weighted by molar-refractivity contribution is -0.176. The minimum absolute atomic E-state index is 0.0374. The first-order chi connectivity index (χ1) is 24.9. The second kappa shape index (κ2) is 18.3. The molecular formula is C37H41N3O12. The van der Waals surface area contributed by atoms with E-state index in [4.69, 9.17) is 28.4 Å². The van der Waals surface area contributed by atoms with Crippen molar-refractivity contribution in [2.45, 2.75) is 65.0 Å². The summed E-state index contributed by atoms with van der Waals surface area (Å²) in [6, 6.07) is 16.4. The zero-order valence-corrected chi connectivity index (χ0v) is 29.4. The van der Waals surface area contributed by atoms with Gasteiger partial charge in [0.2, 0.25) is 5.75 Å². The SMILES string of the molecule is COc1ccnc(C(=O)N[C@H]2COC(=O)[C@H](Cc3ccccc3)[C@@H](OC(=O)C(C)C)[C@H](C)OC2=O)c1OC(=O)C(C)NC(=O)OCc1ccccc1.